The minimum atomic E-state index is -1.19. The van der Waals surface area contributed by atoms with E-state index < -0.39 is 11.9 Å². The summed E-state index contributed by atoms with van der Waals surface area (Å²) < 4.78 is 0. The SMILES string of the molecule is O=C(O)c1cc(-c2ccccc2)c(C(=O)O)cn1. The molecule has 0 aliphatic rings. The maximum Gasteiger partial charge on any atom is 0.354 e. The third-order valence-electron chi connectivity index (χ3n) is 2.44. The molecule has 0 aliphatic carbocycles. The van der Waals surface area contributed by atoms with Crippen LogP contribution in [0, 0.1) is 0 Å². The van der Waals surface area contributed by atoms with E-state index in [0.717, 1.165) is 6.20 Å². The van der Waals surface area contributed by atoms with E-state index in [0.29, 0.717) is 11.1 Å². The first-order valence-electron chi connectivity index (χ1n) is 5.11. The van der Waals surface area contributed by atoms with E-state index in [1.807, 2.05) is 0 Å². The van der Waals surface area contributed by atoms with Crippen LogP contribution in [0.25, 0.3) is 11.1 Å². The Morgan fingerprint density at radius 3 is 2.22 bits per heavy atom. The van der Waals surface area contributed by atoms with Gasteiger partial charge in [-0.25, -0.2) is 14.6 Å². The van der Waals surface area contributed by atoms with Crippen LogP contribution in [0.2, 0.25) is 0 Å². The van der Waals surface area contributed by atoms with Gasteiger partial charge in [0, 0.05) is 11.8 Å². The fraction of sp³-hybridized carbons (Fsp3) is 0. The molecule has 18 heavy (non-hydrogen) atoms. The molecule has 0 unspecified atom stereocenters. The molecule has 0 radical (unpaired) electrons. The molecule has 2 rings (SSSR count). The third-order valence-corrected chi connectivity index (χ3v) is 2.44. The summed E-state index contributed by atoms with van der Waals surface area (Å²) >= 11 is 0. The molecule has 90 valence electrons. The lowest BCUT2D eigenvalue weighted by Gasteiger charge is -2.06. The van der Waals surface area contributed by atoms with Crippen molar-refractivity contribution in [2.24, 2.45) is 0 Å². The highest BCUT2D eigenvalue weighted by molar-refractivity contribution is 5.97. The maximum absolute atomic E-state index is 11.1. The van der Waals surface area contributed by atoms with E-state index >= 15 is 0 Å². The van der Waals surface area contributed by atoms with Crippen LogP contribution in [-0.4, -0.2) is 27.1 Å². The Bertz CT molecular complexity index is 608. The van der Waals surface area contributed by atoms with Crippen molar-refractivity contribution in [2.75, 3.05) is 0 Å². The smallest absolute Gasteiger partial charge is 0.354 e. The lowest BCUT2D eigenvalue weighted by Crippen LogP contribution is -2.06. The summed E-state index contributed by atoms with van der Waals surface area (Å²) in [5.41, 5.74) is 0.778. The van der Waals surface area contributed by atoms with Gasteiger partial charge in [0.25, 0.3) is 0 Å². The van der Waals surface area contributed by atoms with Gasteiger partial charge >= 0.3 is 11.9 Å². The van der Waals surface area contributed by atoms with Gasteiger partial charge < -0.3 is 10.2 Å². The molecule has 0 bridgehead atoms. The van der Waals surface area contributed by atoms with Crippen LogP contribution in [0.15, 0.2) is 42.6 Å². The van der Waals surface area contributed by atoms with Gasteiger partial charge in [0.1, 0.15) is 5.69 Å². The predicted molar refractivity (Wildman–Crippen MR) is 63.6 cm³/mol. The topological polar surface area (TPSA) is 87.5 Å². The summed E-state index contributed by atoms with van der Waals surface area (Å²) in [6.45, 7) is 0. The van der Waals surface area contributed by atoms with Gasteiger partial charge in [-0.1, -0.05) is 30.3 Å². The van der Waals surface area contributed by atoms with Crippen LogP contribution in [0.4, 0.5) is 0 Å². The molecule has 0 saturated carbocycles. The van der Waals surface area contributed by atoms with Gasteiger partial charge in [-0.2, -0.15) is 0 Å². The van der Waals surface area contributed by atoms with Gasteiger partial charge in [-0.3, -0.25) is 0 Å². The van der Waals surface area contributed by atoms with Crippen molar-refractivity contribution in [3.05, 3.63) is 53.9 Å². The van der Waals surface area contributed by atoms with Crippen molar-refractivity contribution in [1.82, 2.24) is 4.98 Å². The Kier molecular flexibility index (Phi) is 3.05. The van der Waals surface area contributed by atoms with Gasteiger partial charge in [-0.05, 0) is 11.6 Å². The lowest BCUT2D eigenvalue weighted by atomic mass is 10.0. The van der Waals surface area contributed by atoms with Crippen LogP contribution < -0.4 is 0 Å². The average Bonchev–Trinajstić information content (AvgIpc) is 2.39. The number of nitrogens with zero attached hydrogens (tertiary/aromatic N) is 1. The number of benzene rings is 1. The van der Waals surface area contributed by atoms with Crippen molar-refractivity contribution in [3.8, 4) is 11.1 Å². The van der Waals surface area contributed by atoms with Crippen LogP contribution in [0.5, 0.6) is 0 Å². The molecule has 2 N–H and O–H groups in total. The highest BCUT2D eigenvalue weighted by Crippen LogP contribution is 2.23. The Morgan fingerprint density at radius 1 is 1.00 bits per heavy atom. The predicted octanol–water partition coefficient (Wildman–Crippen LogP) is 2.14. The number of carboxylic acids is 2. The van der Waals surface area contributed by atoms with Crippen molar-refractivity contribution in [2.45, 2.75) is 0 Å². The largest absolute Gasteiger partial charge is 0.478 e. The van der Waals surface area contributed by atoms with Crippen LogP contribution in [0.1, 0.15) is 20.8 Å². The van der Waals surface area contributed by atoms with Gasteiger partial charge in [0.05, 0.1) is 5.56 Å². The third kappa shape index (κ3) is 2.20. The lowest BCUT2D eigenvalue weighted by molar-refractivity contribution is 0.0676. The van der Waals surface area contributed by atoms with Crippen LogP contribution in [0.3, 0.4) is 0 Å². The van der Waals surface area contributed by atoms with E-state index in [2.05, 4.69) is 4.98 Å². The summed E-state index contributed by atoms with van der Waals surface area (Å²) in [6, 6.07) is 9.99. The van der Waals surface area contributed by atoms with E-state index in [9.17, 15) is 9.59 Å². The number of rotatable bonds is 3. The Labute approximate surface area is 102 Å². The number of hydrogen-bond acceptors (Lipinski definition) is 3. The van der Waals surface area contributed by atoms with Crippen LogP contribution in [-0.2, 0) is 0 Å². The fourth-order valence-electron chi connectivity index (χ4n) is 1.60. The molecular formula is C13H9NO4. The Balaban J connectivity index is 2.65. The highest BCUT2D eigenvalue weighted by atomic mass is 16.4. The van der Waals surface area contributed by atoms with Crippen molar-refractivity contribution < 1.29 is 19.8 Å². The summed E-state index contributed by atoms with van der Waals surface area (Å²) in [6.07, 6.45) is 1.06. The van der Waals surface area contributed by atoms with E-state index in [1.165, 1.54) is 6.07 Å². The molecule has 1 aromatic carbocycles. The normalized spacial score (nSPS) is 10.0. The van der Waals surface area contributed by atoms with Crippen LogP contribution >= 0.6 is 0 Å². The average molecular weight is 243 g/mol. The summed E-state index contributed by atoms with van der Waals surface area (Å²) in [5.74, 6) is -2.33. The summed E-state index contributed by atoms with van der Waals surface area (Å²) in [7, 11) is 0. The molecule has 0 saturated heterocycles. The zero-order chi connectivity index (χ0) is 13.1. The first-order valence-corrected chi connectivity index (χ1v) is 5.11. The quantitative estimate of drug-likeness (QED) is 0.862. The van der Waals surface area contributed by atoms with Gasteiger partial charge in [-0.15, -0.1) is 0 Å². The van der Waals surface area contributed by atoms with Crippen molar-refractivity contribution >= 4 is 11.9 Å². The molecule has 0 spiro atoms. The highest BCUT2D eigenvalue weighted by Gasteiger charge is 2.15. The minimum Gasteiger partial charge on any atom is -0.478 e. The number of aromatic nitrogens is 1. The zero-order valence-electron chi connectivity index (χ0n) is 9.20. The minimum absolute atomic E-state index is 0.0220. The first-order chi connectivity index (χ1) is 8.59. The Hall–Kier alpha value is -2.69. The number of pyridine rings is 1. The Morgan fingerprint density at radius 2 is 1.67 bits per heavy atom. The van der Waals surface area contributed by atoms with E-state index in [1.54, 1.807) is 30.3 Å². The van der Waals surface area contributed by atoms with Crippen molar-refractivity contribution in [1.29, 1.82) is 0 Å². The number of aromatic carboxylic acids is 2. The van der Waals surface area contributed by atoms with Crippen molar-refractivity contribution in [3.63, 3.8) is 0 Å². The number of carbonyl (C=O) groups is 2. The van der Waals surface area contributed by atoms with E-state index in [4.69, 9.17) is 10.2 Å². The molecule has 0 aliphatic heterocycles. The second-order valence-corrected chi connectivity index (χ2v) is 3.59. The molecule has 1 aromatic heterocycles. The van der Waals surface area contributed by atoms with Gasteiger partial charge in [0.15, 0.2) is 0 Å². The second kappa shape index (κ2) is 4.67. The fourth-order valence-corrected chi connectivity index (χ4v) is 1.60. The van der Waals surface area contributed by atoms with Gasteiger partial charge in [0.2, 0.25) is 0 Å². The molecule has 5 heteroatoms. The molecule has 0 atom stereocenters. The number of carboxylic acid groups (broad SMARTS) is 2. The standard InChI is InChI=1S/C13H9NO4/c15-12(16)10-7-14-11(13(17)18)6-9(10)8-4-2-1-3-5-8/h1-7H,(H,15,16)(H,17,18). The molecule has 2 aromatic rings. The summed E-state index contributed by atoms with van der Waals surface area (Å²) in [4.78, 5) is 25.5. The molecule has 0 amide bonds. The molecular weight excluding hydrogens is 234 g/mol. The molecule has 1 heterocycles. The first kappa shape index (κ1) is 11.8. The number of hydrogen-bond donors (Lipinski definition) is 2. The monoisotopic (exact) mass is 243 g/mol. The summed E-state index contributed by atoms with van der Waals surface area (Å²) in [5, 5.41) is 17.9. The van der Waals surface area contributed by atoms with E-state index in [-0.39, 0.29) is 11.3 Å². The zero-order valence-corrected chi connectivity index (χ0v) is 9.20. The molecule has 5 nitrogen and oxygen atoms in total. The maximum atomic E-state index is 11.1. The second-order valence-electron chi connectivity index (χ2n) is 3.59. The molecule has 0 fully saturated rings.